The van der Waals surface area contributed by atoms with Gasteiger partial charge in [-0.25, -0.2) is 4.79 Å². The smallest absolute Gasteiger partial charge is 0.337 e. The Hall–Kier alpha value is -1.06. The Morgan fingerprint density at radius 2 is 2.06 bits per heavy atom. The van der Waals surface area contributed by atoms with E-state index in [9.17, 15) is 9.59 Å². The van der Waals surface area contributed by atoms with E-state index in [0.29, 0.717) is 11.1 Å². The Balaban J connectivity index is 3.24. The van der Waals surface area contributed by atoms with Gasteiger partial charge in [0.2, 0.25) is 0 Å². The topological polar surface area (TPSA) is 43.4 Å². The molecule has 1 aromatic rings. The number of carbonyl (C=O) groups excluding carboxylic acids is 2. The van der Waals surface area contributed by atoms with Gasteiger partial charge < -0.3 is 4.74 Å². The van der Waals surface area contributed by atoms with Crippen LogP contribution in [0, 0.1) is 0 Å². The fourth-order valence-electron chi connectivity index (χ4n) is 1.42. The molecule has 0 aromatic heterocycles. The number of carbonyl (C=O) groups is 2. The fourth-order valence-corrected chi connectivity index (χ4v) is 1.86. The number of ketones is 1. The molecule has 0 N–H and O–H groups in total. The molecule has 17 heavy (non-hydrogen) atoms. The van der Waals surface area contributed by atoms with Crippen molar-refractivity contribution in [1.29, 1.82) is 0 Å². The predicted octanol–water partition coefficient (Wildman–Crippen LogP) is 3.08. The highest BCUT2D eigenvalue weighted by Crippen LogP contribution is 2.27. The molecular formula is C12H12Cl2O3. The van der Waals surface area contributed by atoms with Gasteiger partial charge in [-0.2, -0.15) is 0 Å². The lowest BCUT2D eigenvalue weighted by Gasteiger charge is -2.12. The summed E-state index contributed by atoms with van der Waals surface area (Å²) >= 11 is 11.7. The summed E-state index contributed by atoms with van der Waals surface area (Å²) in [4.78, 5) is 22.6. The zero-order valence-electron chi connectivity index (χ0n) is 9.50. The molecule has 0 aliphatic carbocycles. The highest BCUT2D eigenvalue weighted by atomic mass is 35.5. The lowest BCUT2D eigenvalue weighted by atomic mass is 10.0. The summed E-state index contributed by atoms with van der Waals surface area (Å²) in [5, 5.41) is -0.798. The number of ether oxygens (including phenoxy) is 1. The average molecular weight is 275 g/mol. The Kier molecular flexibility index (Phi) is 4.97. The van der Waals surface area contributed by atoms with Crippen LogP contribution in [0.25, 0.3) is 0 Å². The number of hydrogen-bond donors (Lipinski definition) is 0. The van der Waals surface area contributed by atoms with Gasteiger partial charge in [-0.3, -0.25) is 4.79 Å². The Morgan fingerprint density at radius 3 is 2.53 bits per heavy atom. The van der Waals surface area contributed by atoms with Crippen molar-refractivity contribution in [2.45, 2.75) is 18.2 Å². The van der Waals surface area contributed by atoms with Crippen LogP contribution in [0.2, 0.25) is 0 Å². The van der Waals surface area contributed by atoms with Crippen molar-refractivity contribution in [3.63, 3.8) is 0 Å². The minimum absolute atomic E-state index is 0.194. The van der Waals surface area contributed by atoms with Crippen LogP contribution in [0.4, 0.5) is 0 Å². The maximum Gasteiger partial charge on any atom is 0.337 e. The van der Waals surface area contributed by atoms with Gasteiger partial charge in [0, 0.05) is 5.88 Å². The molecule has 0 heterocycles. The number of esters is 1. The van der Waals surface area contributed by atoms with Crippen molar-refractivity contribution >= 4 is 35.0 Å². The molecule has 1 atom stereocenters. The summed E-state index contributed by atoms with van der Waals surface area (Å²) in [6, 6.07) is 4.81. The molecule has 92 valence electrons. The molecule has 0 radical (unpaired) electrons. The molecule has 0 saturated heterocycles. The molecule has 5 heteroatoms. The maximum absolute atomic E-state index is 11.4. The van der Waals surface area contributed by atoms with Crippen molar-refractivity contribution < 1.29 is 14.3 Å². The summed E-state index contributed by atoms with van der Waals surface area (Å²) in [5.41, 5.74) is 1.63. The fraction of sp³-hybridized carbons (Fsp3) is 0.333. The zero-order chi connectivity index (χ0) is 13.0. The predicted molar refractivity (Wildman–Crippen MR) is 66.6 cm³/mol. The van der Waals surface area contributed by atoms with Crippen LogP contribution in [-0.4, -0.2) is 18.9 Å². The summed E-state index contributed by atoms with van der Waals surface area (Å²) < 4.78 is 4.61. The van der Waals surface area contributed by atoms with Crippen molar-refractivity contribution in [3.05, 3.63) is 34.9 Å². The molecule has 0 bridgehead atoms. The van der Waals surface area contributed by atoms with E-state index in [0.717, 1.165) is 5.56 Å². The first-order valence-corrected chi connectivity index (χ1v) is 5.90. The largest absolute Gasteiger partial charge is 0.465 e. The Labute approximate surface area is 110 Å². The van der Waals surface area contributed by atoms with Gasteiger partial charge >= 0.3 is 5.97 Å². The zero-order valence-corrected chi connectivity index (χ0v) is 11.0. The molecule has 1 rings (SSSR count). The highest BCUT2D eigenvalue weighted by molar-refractivity contribution is 6.31. The van der Waals surface area contributed by atoms with Gasteiger partial charge in [-0.1, -0.05) is 6.07 Å². The highest BCUT2D eigenvalue weighted by Gasteiger charge is 2.19. The van der Waals surface area contributed by atoms with Gasteiger partial charge in [0.1, 0.15) is 5.38 Å². The summed E-state index contributed by atoms with van der Waals surface area (Å²) in [5.74, 6) is -0.437. The molecule has 0 aliphatic rings. The number of rotatable bonds is 4. The van der Waals surface area contributed by atoms with Gasteiger partial charge in [0.05, 0.1) is 12.7 Å². The molecule has 1 unspecified atom stereocenters. The first kappa shape index (κ1) is 14.0. The first-order valence-electron chi connectivity index (χ1n) is 4.93. The summed E-state index contributed by atoms with van der Waals surface area (Å²) in [6.45, 7) is 1.39. The third kappa shape index (κ3) is 3.20. The molecule has 1 aromatic carbocycles. The van der Waals surface area contributed by atoms with Crippen molar-refractivity contribution in [3.8, 4) is 0 Å². The molecule has 0 fully saturated rings. The average Bonchev–Trinajstić information content (AvgIpc) is 2.35. The second kappa shape index (κ2) is 6.03. The van der Waals surface area contributed by atoms with Gasteiger partial charge in [-0.05, 0) is 30.2 Å². The van der Waals surface area contributed by atoms with Crippen LogP contribution >= 0.6 is 23.2 Å². The second-order valence-electron chi connectivity index (χ2n) is 3.51. The lowest BCUT2D eigenvalue weighted by Crippen LogP contribution is -2.08. The number of hydrogen-bond acceptors (Lipinski definition) is 3. The normalized spacial score (nSPS) is 12.0. The number of methoxy groups -OCH3 is 1. The monoisotopic (exact) mass is 274 g/mol. The van der Waals surface area contributed by atoms with Gasteiger partial charge in [0.25, 0.3) is 0 Å². The minimum atomic E-state index is -0.798. The molecule has 0 spiro atoms. The van der Waals surface area contributed by atoms with E-state index in [1.807, 2.05) is 0 Å². The van der Waals surface area contributed by atoms with Crippen molar-refractivity contribution in [2.24, 2.45) is 0 Å². The van der Waals surface area contributed by atoms with E-state index in [1.54, 1.807) is 18.2 Å². The van der Waals surface area contributed by atoms with Crippen LogP contribution in [0.1, 0.15) is 33.8 Å². The quantitative estimate of drug-likeness (QED) is 0.626. The van der Waals surface area contributed by atoms with E-state index in [1.165, 1.54) is 14.0 Å². The summed E-state index contributed by atoms with van der Waals surface area (Å²) in [6.07, 6.45) is 0. The number of halogens is 2. The van der Waals surface area contributed by atoms with Crippen LogP contribution in [-0.2, 0) is 15.4 Å². The number of Topliss-reactive ketones (excluding diaryl/α,β-unsaturated/α-hetero) is 1. The standard InChI is InChI=1S/C12H12Cl2O3/c1-7(15)11(14)10-5-8(12(16)17-2)3-4-9(10)6-13/h3-5,11H,6H2,1-2H3. The van der Waals surface area contributed by atoms with E-state index in [-0.39, 0.29) is 11.7 Å². The molecular weight excluding hydrogens is 263 g/mol. The van der Waals surface area contributed by atoms with Gasteiger partial charge in [0.15, 0.2) is 5.78 Å². The third-order valence-electron chi connectivity index (χ3n) is 2.34. The van der Waals surface area contributed by atoms with E-state index >= 15 is 0 Å². The molecule has 3 nitrogen and oxygen atoms in total. The number of benzene rings is 1. The van der Waals surface area contributed by atoms with E-state index in [4.69, 9.17) is 23.2 Å². The molecule has 0 amide bonds. The van der Waals surface area contributed by atoms with Crippen LogP contribution in [0.5, 0.6) is 0 Å². The third-order valence-corrected chi connectivity index (χ3v) is 3.17. The van der Waals surface area contributed by atoms with Crippen molar-refractivity contribution in [2.75, 3.05) is 7.11 Å². The van der Waals surface area contributed by atoms with Crippen molar-refractivity contribution in [1.82, 2.24) is 0 Å². The SMILES string of the molecule is COC(=O)c1ccc(CCl)c(C(Cl)C(C)=O)c1. The van der Waals surface area contributed by atoms with Crippen LogP contribution in [0.3, 0.4) is 0 Å². The van der Waals surface area contributed by atoms with Crippen LogP contribution in [0.15, 0.2) is 18.2 Å². The minimum Gasteiger partial charge on any atom is -0.465 e. The molecule has 0 aliphatic heterocycles. The van der Waals surface area contributed by atoms with Gasteiger partial charge in [-0.15, -0.1) is 23.2 Å². The lowest BCUT2D eigenvalue weighted by molar-refractivity contribution is -0.116. The summed E-state index contributed by atoms with van der Waals surface area (Å²) in [7, 11) is 1.29. The molecule has 0 saturated carbocycles. The van der Waals surface area contributed by atoms with E-state index in [2.05, 4.69) is 4.74 Å². The Bertz CT molecular complexity index is 443. The Morgan fingerprint density at radius 1 is 1.41 bits per heavy atom. The number of alkyl halides is 2. The second-order valence-corrected chi connectivity index (χ2v) is 4.22. The maximum atomic E-state index is 11.4. The first-order chi connectivity index (χ1) is 8.01. The van der Waals surface area contributed by atoms with Crippen LogP contribution < -0.4 is 0 Å². The van der Waals surface area contributed by atoms with E-state index < -0.39 is 11.3 Å².